The van der Waals surface area contributed by atoms with E-state index in [0.717, 1.165) is 30.0 Å². The number of hydrogen-bond acceptors (Lipinski definition) is 3. The molecule has 1 aromatic heterocycles. The Morgan fingerprint density at radius 3 is 2.33 bits per heavy atom. The van der Waals surface area contributed by atoms with E-state index in [-0.39, 0.29) is 5.91 Å². The molecule has 1 aliphatic heterocycles. The molecule has 0 unspecified atom stereocenters. The Hall–Kier alpha value is -3.08. The summed E-state index contributed by atoms with van der Waals surface area (Å²) in [5.41, 5.74) is 5.58. The van der Waals surface area contributed by atoms with E-state index in [9.17, 15) is 4.79 Å². The highest BCUT2D eigenvalue weighted by Gasteiger charge is 2.15. The van der Waals surface area contributed by atoms with Crippen molar-refractivity contribution < 1.29 is 4.79 Å². The van der Waals surface area contributed by atoms with Crippen molar-refractivity contribution in [3.63, 3.8) is 0 Å². The topological polar surface area (TPSA) is 50.2 Å². The van der Waals surface area contributed by atoms with Crippen LogP contribution in [0.5, 0.6) is 0 Å². The molecule has 138 valence electrons. The molecule has 1 N–H and O–H groups in total. The van der Waals surface area contributed by atoms with Crippen LogP contribution in [0.15, 0.2) is 54.6 Å². The molecule has 0 saturated carbocycles. The number of nitrogens with zero attached hydrogens (tertiary/aromatic N) is 3. The molecule has 2 aromatic carbocycles. The predicted octanol–water partition coefficient (Wildman–Crippen LogP) is 4.25. The van der Waals surface area contributed by atoms with E-state index >= 15 is 0 Å². The lowest BCUT2D eigenvalue weighted by molar-refractivity contribution is 0.102. The summed E-state index contributed by atoms with van der Waals surface area (Å²) in [5.74, 6) is -0.196. The SMILES string of the molecule is Cc1ccc(-c2cc(C(=O)Nc3ccc(N4CCCC4)cc3)nn2C)cc1. The molecular weight excluding hydrogens is 336 g/mol. The van der Waals surface area contributed by atoms with Gasteiger partial charge >= 0.3 is 0 Å². The number of anilines is 2. The molecule has 1 saturated heterocycles. The second-order valence-electron chi connectivity index (χ2n) is 7.10. The number of carbonyl (C=O) groups is 1. The van der Waals surface area contributed by atoms with Crippen LogP contribution >= 0.6 is 0 Å². The zero-order chi connectivity index (χ0) is 18.8. The number of hydrogen-bond donors (Lipinski definition) is 1. The molecule has 0 atom stereocenters. The first-order valence-corrected chi connectivity index (χ1v) is 9.37. The third-order valence-corrected chi connectivity index (χ3v) is 5.06. The highest BCUT2D eigenvalue weighted by atomic mass is 16.1. The van der Waals surface area contributed by atoms with E-state index in [1.165, 1.54) is 24.1 Å². The van der Waals surface area contributed by atoms with E-state index in [2.05, 4.69) is 46.5 Å². The molecule has 4 rings (SSSR count). The summed E-state index contributed by atoms with van der Waals surface area (Å²) >= 11 is 0. The lowest BCUT2D eigenvalue weighted by atomic mass is 10.1. The van der Waals surface area contributed by atoms with Crippen molar-refractivity contribution in [3.05, 3.63) is 65.9 Å². The fraction of sp³-hybridized carbons (Fsp3) is 0.273. The number of nitrogens with one attached hydrogen (secondary N) is 1. The molecule has 27 heavy (non-hydrogen) atoms. The van der Waals surface area contributed by atoms with Gasteiger partial charge in [0.1, 0.15) is 0 Å². The van der Waals surface area contributed by atoms with Crippen LogP contribution in [0.25, 0.3) is 11.3 Å². The number of amides is 1. The number of aromatic nitrogens is 2. The Kier molecular flexibility index (Phi) is 4.67. The average molecular weight is 360 g/mol. The summed E-state index contributed by atoms with van der Waals surface area (Å²) in [6.07, 6.45) is 2.50. The summed E-state index contributed by atoms with van der Waals surface area (Å²) in [6, 6.07) is 18.1. The van der Waals surface area contributed by atoms with E-state index in [1.54, 1.807) is 4.68 Å². The molecule has 5 nitrogen and oxygen atoms in total. The summed E-state index contributed by atoms with van der Waals surface area (Å²) in [5, 5.41) is 7.33. The molecule has 0 radical (unpaired) electrons. The quantitative estimate of drug-likeness (QED) is 0.757. The molecule has 0 bridgehead atoms. The summed E-state index contributed by atoms with van der Waals surface area (Å²) in [6.45, 7) is 4.28. The van der Waals surface area contributed by atoms with Gasteiger partial charge in [0.2, 0.25) is 0 Å². The van der Waals surface area contributed by atoms with Crippen molar-refractivity contribution in [3.8, 4) is 11.3 Å². The maximum atomic E-state index is 12.6. The standard InChI is InChI=1S/C22H24N4O/c1-16-5-7-17(8-6-16)21-15-20(24-25(21)2)22(27)23-18-9-11-19(12-10-18)26-13-3-4-14-26/h5-12,15H,3-4,13-14H2,1-2H3,(H,23,27). The van der Waals surface area contributed by atoms with Crippen LogP contribution in [0, 0.1) is 6.92 Å². The highest BCUT2D eigenvalue weighted by Crippen LogP contribution is 2.23. The molecule has 1 aliphatic rings. The van der Waals surface area contributed by atoms with Crippen molar-refractivity contribution in [1.82, 2.24) is 9.78 Å². The van der Waals surface area contributed by atoms with Crippen molar-refractivity contribution >= 4 is 17.3 Å². The normalized spacial score (nSPS) is 13.8. The van der Waals surface area contributed by atoms with Gasteiger partial charge < -0.3 is 10.2 Å². The van der Waals surface area contributed by atoms with Gasteiger partial charge in [-0.15, -0.1) is 0 Å². The summed E-state index contributed by atoms with van der Waals surface area (Å²) in [7, 11) is 1.86. The monoisotopic (exact) mass is 360 g/mol. The van der Waals surface area contributed by atoms with Crippen LogP contribution in [0.2, 0.25) is 0 Å². The van der Waals surface area contributed by atoms with Gasteiger partial charge in [-0.25, -0.2) is 0 Å². The van der Waals surface area contributed by atoms with Crippen LogP contribution < -0.4 is 10.2 Å². The van der Waals surface area contributed by atoms with Gasteiger partial charge in [0.25, 0.3) is 5.91 Å². The van der Waals surface area contributed by atoms with E-state index in [4.69, 9.17) is 0 Å². The maximum Gasteiger partial charge on any atom is 0.276 e. The zero-order valence-electron chi connectivity index (χ0n) is 15.8. The molecule has 1 amide bonds. The Balaban J connectivity index is 1.48. The summed E-state index contributed by atoms with van der Waals surface area (Å²) < 4.78 is 1.75. The number of aryl methyl sites for hydroxylation is 2. The Morgan fingerprint density at radius 1 is 1.00 bits per heavy atom. The second-order valence-corrected chi connectivity index (χ2v) is 7.10. The molecule has 1 fully saturated rings. The minimum atomic E-state index is -0.196. The third kappa shape index (κ3) is 3.72. The fourth-order valence-corrected chi connectivity index (χ4v) is 3.50. The largest absolute Gasteiger partial charge is 0.372 e. The van der Waals surface area contributed by atoms with Crippen molar-refractivity contribution in [2.75, 3.05) is 23.3 Å². The van der Waals surface area contributed by atoms with Gasteiger partial charge in [0, 0.05) is 31.5 Å². The van der Waals surface area contributed by atoms with Crippen LogP contribution in [0.1, 0.15) is 28.9 Å². The first kappa shape index (κ1) is 17.3. The molecule has 2 heterocycles. The lowest BCUT2D eigenvalue weighted by Crippen LogP contribution is -2.17. The number of carbonyl (C=O) groups excluding carboxylic acids is 1. The second kappa shape index (κ2) is 7.27. The molecule has 0 spiro atoms. The highest BCUT2D eigenvalue weighted by molar-refractivity contribution is 6.03. The first-order valence-electron chi connectivity index (χ1n) is 9.37. The van der Waals surface area contributed by atoms with Gasteiger partial charge in [0.05, 0.1) is 5.69 Å². The smallest absolute Gasteiger partial charge is 0.276 e. The molecular formula is C22H24N4O. The van der Waals surface area contributed by atoms with E-state index in [1.807, 2.05) is 37.4 Å². The first-order chi connectivity index (χ1) is 13.1. The van der Waals surface area contributed by atoms with Crippen LogP contribution in [0.3, 0.4) is 0 Å². The number of benzene rings is 2. The van der Waals surface area contributed by atoms with Crippen molar-refractivity contribution in [1.29, 1.82) is 0 Å². The van der Waals surface area contributed by atoms with Crippen LogP contribution in [-0.2, 0) is 7.05 Å². The van der Waals surface area contributed by atoms with E-state index < -0.39 is 0 Å². The lowest BCUT2D eigenvalue weighted by Gasteiger charge is -2.17. The third-order valence-electron chi connectivity index (χ3n) is 5.06. The minimum Gasteiger partial charge on any atom is -0.372 e. The Bertz CT molecular complexity index is 935. The van der Waals surface area contributed by atoms with Crippen molar-refractivity contribution in [2.45, 2.75) is 19.8 Å². The Labute approximate surface area is 159 Å². The Morgan fingerprint density at radius 2 is 1.67 bits per heavy atom. The average Bonchev–Trinajstić information content (AvgIpc) is 3.33. The molecule has 0 aliphatic carbocycles. The van der Waals surface area contributed by atoms with Gasteiger partial charge in [-0.1, -0.05) is 29.8 Å². The molecule has 3 aromatic rings. The predicted molar refractivity (Wildman–Crippen MR) is 109 cm³/mol. The van der Waals surface area contributed by atoms with Crippen molar-refractivity contribution in [2.24, 2.45) is 7.05 Å². The number of rotatable bonds is 4. The minimum absolute atomic E-state index is 0.196. The van der Waals surface area contributed by atoms with Crippen LogP contribution in [0.4, 0.5) is 11.4 Å². The summed E-state index contributed by atoms with van der Waals surface area (Å²) in [4.78, 5) is 15.0. The van der Waals surface area contributed by atoms with Gasteiger partial charge in [-0.05, 0) is 55.7 Å². The van der Waals surface area contributed by atoms with Gasteiger partial charge in [0.15, 0.2) is 5.69 Å². The van der Waals surface area contributed by atoms with Gasteiger partial charge in [-0.3, -0.25) is 9.48 Å². The van der Waals surface area contributed by atoms with Crippen LogP contribution in [-0.4, -0.2) is 28.8 Å². The zero-order valence-corrected chi connectivity index (χ0v) is 15.8. The molecule has 5 heteroatoms. The fourth-order valence-electron chi connectivity index (χ4n) is 3.50. The maximum absolute atomic E-state index is 12.6. The van der Waals surface area contributed by atoms with Gasteiger partial charge in [-0.2, -0.15) is 5.10 Å². The van der Waals surface area contributed by atoms with E-state index in [0.29, 0.717) is 5.69 Å².